The van der Waals surface area contributed by atoms with E-state index in [2.05, 4.69) is 20.4 Å². The maximum atomic E-state index is 11.7. The van der Waals surface area contributed by atoms with Crippen molar-refractivity contribution in [1.29, 1.82) is 0 Å². The Kier molecular flexibility index (Phi) is 4.56. The van der Waals surface area contributed by atoms with Crippen molar-refractivity contribution < 1.29 is 8.42 Å². The predicted molar refractivity (Wildman–Crippen MR) is 103 cm³/mol. The summed E-state index contributed by atoms with van der Waals surface area (Å²) in [5.74, 6) is 0.834. The number of nitrogens with zero attached hydrogens (tertiary/aromatic N) is 6. The molecule has 3 aromatic rings. The summed E-state index contributed by atoms with van der Waals surface area (Å²) in [5, 5.41) is 17.2. The highest BCUT2D eigenvalue weighted by Crippen LogP contribution is 2.29. The van der Waals surface area contributed by atoms with Crippen LogP contribution in [0, 0.1) is 6.92 Å². The summed E-state index contributed by atoms with van der Waals surface area (Å²) in [6.45, 7) is 1.82. The molecule has 0 spiro atoms. The van der Waals surface area contributed by atoms with E-state index in [1.165, 1.54) is 6.33 Å². The maximum Gasteiger partial charge on any atom is 0.184 e. The maximum absolute atomic E-state index is 11.7. The summed E-state index contributed by atoms with van der Waals surface area (Å²) in [5.41, 5.74) is 2.22. The van der Waals surface area contributed by atoms with Gasteiger partial charge in [-0.2, -0.15) is 14.9 Å². The van der Waals surface area contributed by atoms with Crippen molar-refractivity contribution in [3.8, 4) is 11.4 Å². The van der Waals surface area contributed by atoms with Crippen LogP contribution in [0.1, 0.15) is 23.7 Å². The standard InChI is InChI=1S/C17H17ClN6O2S/c1-12-15(16(18)24(22-12)14-7-8-27(25,26)10-14)9-20-23-11-19-21-17(23)13-5-3-2-4-6-13/h2-6,9,11,14H,7-8,10H2,1H3/b20-9-/t14-/m0/s1. The average Bonchev–Trinajstić information content (AvgIpc) is 3.32. The molecule has 0 unspecified atom stereocenters. The Morgan fingerprint density at radius 2 is 2.07 bits per heavy atom. The van der Waals surface area contributed by atoms with Crippen LogP contribution in [0.5, 0.6) is 0 Å². The lowest BCUT2D eigenvalue weighted by molar-refractivity contribution is 0.497. The van der Waals surface area contributed by atoms with Crippen LogP contribution in [0.4, 0.5) is 0 Å². The van der Waals surface area contributed by atoms with Crippen molar-refractivity contribution in [3.63, 3.8) is 0 Å². The first-order valence-corrected chi connectivity index (χ1v) is 10.6. The zero-order valence-corrected chi connectivity index (χ0v) is 16.1. The number of rotatable bonds is 4. The van der Waals surface area contributed by atoms with E-state index in [9.17, 15) is 8.42 Å². The molecule has 8 nitrogen and oxygen atoms in total. The molecular weight excluding hydrogens is 388 g/mol. The van der Waals surface area contributed by atoms with Crippen LogP contribution in [0.3, 0.4) is 0 Å². The molecule has 140 valence electrons. The van der Waals surface area contributed by atoms with Crippen LogP contribution in [-0.4, -0.2) is 50.8 Å². The average molecular weight is 405 g/mol. The van der Waals surface area contributed by atoms with Crippen molar-refractivity contribution in [2.45, 2.75) is 19.4 Å². The SMILES string of the molecule is Cc1nn([C@H]2CCS(=O)(=O)C2)c(Cl)c1/C=N\n1cnnc1-c1ccccc1. The van der Waals surface area contributed by atoms with Crippen LogP contribution >= 0.6 is 11.6 Å². The molecule has 10 heteroatoms. The van der Waals surface area contributed by atoms with Gasteiger partial charge in [0, 0.05) is 5.56 Å². The van der Waals surface area contributed by atoms with E-state index in [4.69, 9.17) is 11.6 Å². The van der Waals surface area contributed by atoms with E-state index in [1.54, 1.807) is 15.6 Å². The van der Waals surface area contributed by atoms with Gasteiger partial charge in [0.15, 0.2) is 15.7 Å². The van der Waals surface area contributed by atoms with Crippen molar-refractivity contribution >= 4 is 27.7 Å². The molecule has 1 aliphatic heterocycles. The highest BCUT2D eigenvalue weighted by atomic mass is 35.5. The van der Waals surface area contributed by atoms with Crippen LogP contribution in [0.2, 0.25) is 5.15 Å². The van der Waals surface area contributed by atoms with Crippen LogP contribution in [0.15, 0.2) is 41.8 Å². The van der Waals surface area contributed by atoms with Gasteiger partial charge >= 0.3 is 0 Å². The molecule has 2 aromatic heterocycles. The quantitative estimate of drug-likeness (QED) is 0.622. The van der Waals surface area contributed by atoms with E-state index in [0.29, 0.717) is 28.7 Å². The first kappa shape index (κ1) is 17.9. The van der Waals surface area contributed by atoms with Crippen molar-refractivity contribution in [2.24, 2.45) is 5.10 Å². The Balaban J connectivity index is 1.64. The Bertz CT molecular complexity index is 1100. The van der Waals surface area contributed by atoms with Gasteiger partial charge in [-0.1, -0.05) is 41.9 Å². The fraction of sp³-hybridized carbons (Fsp3) is 0.294. The number of benzene rings is 1. The fourth-order valence-corrected chi connectivity index (χ4v) is 5.15. The van der Waals surface area contributed by atoms with Crippen molar-refractivity contribution in [3.05, 3.63) is 53.1 Å². The van der Waals surface area contributed by atoms with Gasteiger partial charge in [-0.3, -0.25) is 0 Å². The van der Waals surface area contributed by atoms with Gasteiger partial charge in [-0.15, -0.1) is 10.2 Å². The molecule has 0 amide bonds. The Labute approximate surface area is 161 Å². The number of halogens is 1. The fourth-order valence-electron chi connectivity index (χ4n) is 3.10. The Hall–Kier alpha value is -2.52. The first-order chi connectivity index (χ1) is 12.9. The third kappa shape index (κ3) is 3.52. The minimum Gasteiger partial charge on any atom is -0.249 e. The highest BCUT2D eigenvalue weighted by molar-refractivity contribution is 7.91. The normalized spacial score (nSPS) is 19.1. The minimum absolute atomic E-state index is 0.0635. The summed E-state index contributed by atoms with van der Waals surface area (Å²) in [7, 11) is -3.02. The highest BCUT2D eigenvalue weighted by Gasteiger charge is 2.31. The first-order valence-electron chi connectivity index (χ1n) is 8.39. The minimum atomic E-state index is -3.02. The molecule has 3 heterocycles. The smallest absolute Gasteiger partial charge is 0.184 e. The number of hydrogen-bond donors (Lipinski definition) is 0. The van der Waals surface area contributed by atoms with Crippen LogP contribution in [0.25, 0.3) is 11.4 Å². The second kappa shape index (κ2) is 6.90. The van der Waals surface area contributed by atoms with Gasteiger partial charge in [0.1, 0.15) is 11.5 Å². The lowest BCUT2D eigenvalue weighted by Gasteiger charge is -2.09. The van der Waals surface area contributed by atoms with E-state index < -0.39 is 9.84 Å². The monoisotopic (exact) mass is 404 g/mol. The third-order valence-electron chi connectivity index (χ3n) is 4.50. The van der Waals surface area contributed by atoms with Gasteiger partial charge in [-0.05, 0) is 13.3 Å². The van der Waals surface area contributed by atoms with Gasteiger partial charge in [0.25, 0.3) is 0 Å². The van der Waals surface area contributed by atoms with Gasteiger partial charge in [0.05, 0.1) is 35.0 Å². The molecule has 0 N–H and O–H groups in total. The van der Waals surface area contributed by atoms with Gasteiger partial charge in [-0.25, -0.2) is 13.1 Å². The Morgan fingerprint density at radius 1 is 1.30 bits per heavy atom. The van der Waals surface area contributed by atoms with E-state index in [1.807, 2.05) is 37.3 Å². The molecule has 0 bridgehead atoms. The zero-order chi connectivity index (χ0) is 19.0. The number of hydrogen-bond acceptors (Lipinski definition) is 6. The number of sulfone groups is 1. The largest absolute Gasteiger partial charge is 0.249 e. The topological polar surface area (TPSA) is 95.0 Å². The van der Waals surface area contributed by atoms with E-state index >= 15 is 0 Å². The van der Waals surface area contributed by atoms with Crippen molar-refractivity contribution in [2.75, 3.05) is 11.5 Å². The molecule has 1 saturated heterocycles. The van der Waals surface area contributed by atoms with Crippen LogP contribution in [-0.2, 0) is 9.84 Å². The Morgan fingerprint density at radius 3 is 2.78 bits per heavy atom. The molecule has 0 saturated carbocycles. The van der Waals surface area contributed by atoms with Gasteiger partial charge in [0.2, 0.25) is 0 Å². The number of aryl methyl sites for hydroxylation is 1. The molecule has 27 heavy (non-hydrogen) atoms. The summed E-state index contributed by atoms with van der Waals surface area (Å²) >= 11 is 6.47. The lowest BCUT2D eigenvalue weighted by atomic mass is 10.2. The van der Waals surface area contributed by atoms with E-state index in [0.717, 1.165) is 5.56 Å². The summed E-state index contributed by atoms with van der Waals surface area (Å²) in [6, 6.07) is 9.36. The van der Waals surface area contributed by atoms with Crippen LogP contribution < -0.4 is 0 Å². The summed E-state index contributed by atoms with van der Waals surface area (Å²) in [4.78, 5) is 0. The molecule has 4 rings (SSSR count). The van der Waals surface area contributed by atoms with E-state index in [-0.39, 0.29) is 17.5 Å². The second-order valence-electron chi connectivity index (χ2n) is 6.40. The molecule has 1 aromatic carbocycles. The molecule has 1 fully saturated rings. The molecular formula is C17H17ClN6O2S. The van der Waals surface area contributed by atoms with Gasteiger partial charge < -0.3 is 0 Å². The third-order valence-corrected chi connectivity index (χ3v) is 6.63. The zero-order valence-electron chi connectivity index (χ0n) is 14.5. The molecule has 1 aliphatic rings. The molecule has 0 aliphatic carbocycles. The predicted octanol–water partition coefficient (Wildman–Crippen LogP) is 2.35. The molecule has 0 radical (unpaired) electrons. The lowest BCUT2D eigenvalue weighted by Crippen LogP contribution is -2.12. The van der Waals surface area contributed by atoms with Crippen molar-refractivity contribution in [1.82, 2.24) is 24.7 Å². The second-order valence-corrected chi connectivity index (χ2v) is 8.99. The summed E-state index contributed by atoms with van der Waals surface area (Å²) in [6.07, 6.45) is 3.62. The number of aromatic nitrogens is 5. The summed E-state index contributed by atoms with van der Waals surface area (Å²) < 4.78 is 26.6. The molecule has 1 atom stereocenters.